The Hall–Kier alpha value is -2.63. The molecule has 1 N–H and O–H groups in total. The molecule has 1 aliphatic rings. The molecule has 0 spiro atoms. The van der Waals surface area contributed by atoms with E-state index in [4.69, 9.17) is 4.74 Å². The van der Waals surface area contributed by atoms with E-state index >= 15 is 0 Å². The summed E-state index contributed by atoms with van der Waals surface area (Å²) in [5, 5.41) is 1.16. The molecule has 6 nitrogen and oxygen atoms in total. The van der Waals surface area contributed by atoms with E-state index in [9.17, 15) is 4.79 Å². The number of aromatic amines is 1. The lowest BCUT2D eigenvalue weighted by Gasteiger charge is -2.31. The Bertz CT molecular complexity index is 926. The Labute approximate surface area is 146 Å². The first kappa shape index (κ1) is 15.9. The number of H-pyrrole nitrogens is 1. The predicted octanol–water partition coefficient (Wildman–Crippen LogP) is 3.20. The number of aryl methyl sites for hydroxylation is 1. The second-order valence-electron chi connectivity index (χ2n) is 6.56. The highest BCUT2D eigenvalue weighted by Gasteiger charge is 2.28. The molecule has 130 valence electrons. The van der Waals surface area contributed by atoms with Gasteiger partial charge in [-0.2, -0.15) is 0 Å². The zero-order valence-electron chi connectivity index (χ0n) is 14.6. The smallest absolute Gasteiger partial charge is 0.309 e. The molecule has 1 saturated heterocycles. The topological polar surface area (TPSA) is 71.1 Å². The van der Waals surface area contributed by atoms with Gasteiger partial charge in [0.1, 0.15) is 17.4 Å². The number of carbonyl (C=O) groups excluding carboxylic acids is 1. The van der Waals surface area contributed by atoms with Crippen molar-refractivity contribution >= 4 is 33.7 Å². The fraction of sp³-hybridized carbons (Fsp3) is 0.421. The minimum Gasteiger partial charge on any atom is -0.466 e. The lowest BCUT2D eigenvalue weighted by molar-refractivity contribution is -0.148. The van der Waals surface area contributed by atoms with Gasteiger partial charge in [0, 0.05) is 24.0 Å². The number of esters is 1. The second-order valence-corrected chi connectivity index (χ2v) is 6.56. The first-order valence-electron chi connectivity index (χ1n) is 8.82. The number of anilines is 1. The Morgan fingerprint density at radius 1 is 1.32 bits per heavy atom. The van der Waals surface area contributed by atoms with E-state index in [0.717, 1.165) is 53.7 Å². The number of rotatable bonds is 3. The number of ether oxygens (including phenoxy) is 1. The van der Waals surface area contributed by atoms with E-state index in [-0.39, 0.29) is 11.9 Å². The maximum Gasteiger partial charge on any atom is 0.309 e. The fourth-order valence-electron chi connectivity index (χ4n) is 3.73. The average Bonchev–Trinajstić information content (AvgIpc) is 3.02. The van der Waals surface area contributed by atoms with Gasteiger partial charge in [0.05, 0.1) is 12.5 Å². The van der Waals surface area contributed by atoms with Gasteiger partial charge in [0.15, 0.2) is 5.82 Å². The molecule has 1 aromatic carbocycles. The van der Waals surface area contributed by atoms with Crippen molar-refractivity contribution in [3.8, 4) is 0 Å². The summed E-state index contributed by atoms with van der Waals surface area (Å²) in [4.78, 5) is 26.7. The standard InChI is InChI=1S/C19H22N4O2/c1-3-25-19(24)13-7-9-23(10-8-13)18-17-16(20-11-21-18)15-12(2)5-4-6-14(15)22-17/h4-6,11,13,22H,3,7-10H2,1-2H3. The zero-order chi connectivity index (χ0) is 17.4. The predicted molar refractivity (Wildman–Crippen MR) is 97.7 cm³/mol. The SMILES string of the molecule is CCOC(=O)C1CCN(c2ncnc3c2[nH]c2cccc(C)c23)CC1. The minimum absolute atomic E-state index is 0.00140. The first-order valence-corrected chi connectivity index (χ1v) is 8.82. The van der Waals surface area contributed by atoms with Crippen molar-refractivity contribution in [1.29, 1.82) is 0 Å². The third kappa shape index (κ3) is 2.71. The van der Waals surface area contributed by atoms with Crippen LogP contribution >= 0.6 is 0 Å². The lowest BCUT2D eigenvalue weighted by atomic mass is 9.97. The van der Waals surface area contributed by atoms with Crippen molar-refractivity contribution in [2.75, 3.05) is 24.6 Å². The highest BCUT2D eigenvalue weighted by molar-refractivity contribution is 6.09. The minimum atomic E-state index is -0.0729. The van der Waals surface area contributed by atoms with Crippen LogP contribution in [0.1, 0.15) is 25.3 Å². The van der Waals surface area contributed by atoms with Gasteiger partial charge in [-0.05, 0) is 38.3 Å². The summed E-state index contributed by atoms with van der Waals surface area (Å²) in [5.41, 5.74) is 4.22. The van der Waals surface area contributed by atoms with Crippen LogP contribution in [0.25, 0.3) is 21.9 Å². The van der Waals surface area contributed by atoms with Gasteiger partial charge in [-0.15, -0.1) is 0 Å². The van der Waals surface area contributed by atoms with Gasteiger partial charge < -0.3 is 14.6 Å². The van der Waals surface area contributed by atoms with Crippen molar-refractivity contribution in [2.45, 2.75) is 26.7 Å². The molecule has 2 aromatic heterocycles. The number of piperidine rings is 1. The zero-order valence-corrected chi connectivity index (χ0v) is 14.6. The van der Waals surface area contributed by atoms with E-state index in [1.54, 1.807) is 6.33 Å². The fourth-order valence-corrected chi connectivity index (χ4v) is 3.73. The number of nitrogens with one attached hydrogen (secondary N) is 1. The van der Waals surface area contributed by atoms with E-state index in [2.05, 4.69) is 38.9 Å². The summed E-state index contributed by atoms with van der Waals surface area (Å²) in [5.74, 6) is 0.845. The Kier molecular flexibility index (Phi) is 4.03. The summed E-state index contributed by atoms with van der Waals surface area (Å²) in [7, 11) is 0. The van der Waals surface area contributed by atoms with Crippen molar-refractivity contribution < 1.29 is 9.53 Å². The largest absolute Gasteiger partial charge is 0.466 e. The molecule has 0 unspecified atom stereocenters. The molecule has 4 rings (SSSR count). The van der Waals surface area contributed by atoms with Crippen LogP contribution in [0.5, 0.6) is 0 Å². The summed E-state index contributed by atoms with van der Waals surface area (Å²) in [6.45, 7) is 5.98. The van der Waals surface area contributed by atoms with Gasteiger partial charge in [0.2, 0.25) is 0 Å². The van der Waals surface area contributed by atoms with E-state index in [0.29, 0.717) is 6.61 Å². The highest BCUT2D eigenvalue weighted by atomic mass is 16.5. The third-order valence-electron chi connectivity index (χ3n) is 5.01. The number of carbonyl (C=O) groups is 1. The van der Waals surface area contributed by atoms with Crippen LogP contribution in [0.15, 0.2) is 24.5 Å². The molecule has 0 saturated carbocycles. The molecule has 0 bridgehead atoms. The third-order valence-corrected chi connectivity index (χ3v) is 5.01. The number of aromatic nitrogens is 3. The van der Waals surface area contributed by atoms with E-state index < -0.39 is 0 Å². The molecular weight excluding hydrogens is 316 g/mol. The van der Waals surface area contributed by atoms with Gasteiger partial charge >= 0.3 is 5.97 Å². The second kappa shape index (κ2) is 6.35. The van der Waals surface area contributed by atoms with E-state index in [1.165, 1.54) is 5.56 Å². The molecule has 0 amide bonds. The Morgan fingerprint density at radius 3 is 2.88 bits per heavy atom. The summed E-state index contributed by atoms with van der Waals surface area (Å²) in [6, 6.07) is 6.22. The summed E-state index contributed by atoms with van der Waals surface area (Å²) in [6.07, 6.45) is 3.22. The van der Waals surface area contributed by atoms with Crippen LogP contribution in [0.2, 0.25) is 0 Å². The Morgan fingerprint density at radius 2 is 2.12 bits per heavy atom. The summed E-state index contributed by atoms with van der Waals surface area (Å²) < 4.78 is 5.16. The number of hydrogen-bond acceptors (Lipinski definition) is 5. The quantitative estimate of drug-likeness (QED) is 0.743. The van der Waals surface area contributed by atoms with Gasteiger partial charge in [-0.1, -0.05) is 12.1 Å². The van der Waals surface area contributed by atoms with Crippen LogP contribution in [0.3, 0.4) is 0 Å². The maximum atomic E-state index is 11.9. The molecule has 0 aliphatic carbocycles. The summed E-state index contributed by atoms with van der Waals surface area (Å²) >= 11 is 0. The number of benzene rings is 1. The van der Waals surface area contributed by atoms with E-state index in [1.807, 2.05) is 13.0 Å². The maximum absolute atomic E-state index is 11.9. The normalized spacial score (nSPS) is 15.8. The molecule has 1 aliphatic heterocycles. The van der Waals surface area contributed by atoms with Crippen molar-refractivity contribution in [3.63, 3.8) is 0 Å². The monoisotopic (exact) mass is 338 g/mol. The van der Waals surface area contributed by atoms with Crippen LogP contribution < -0.4 is 4.90 Å². The number of fused-ring (bicyclic) bond motifs is 3. The lowest BCUT2D eigenvalue weighted by Crippen LogP contribution is -2.37. The number of nitrogens with zero attached hydrogens (tertiary/aromatic N) is 3. The van der Waals surface area contributed by atoms with Crippen LogP contribution in [0.4, 0.5) is 5.82 Å². The van der Waals surface area contributed by atoms with Gasteiger partial charge in [-0.25, -0.2) is 9.97 Å². The molecule has 1 fully saturated rings. The molecule has 3 aromatic rings. The van der Waals surface area contributed by atoms with Crippen molar-refractivity contribution in [3.05, 3.63) is 30.1 Å². The Balaban J connectivity index is 1.66. The van der Waals surface area contributed by atoms with Crippen LogP contribution in [-0.4, -0.2) is 40.6 Å². The first-order chi connectivity index (χ1) is 12.2. The van der Waals surface area contributed by atoms with Gasteiger partial charge in [0.25, 0.3) is 0 Å². The highest BCUT2D eigenvalue weighted by Crippen LogP contribution is 2.32. The molecule has 6 heteroatoms. The van der Waals surface area contributed by atoms with Crippen LogP contribution in [0, 0.1) is 12.8 Å². The molecule has 3 heterocycles. The molecule has 0 atom stereocenters. The van der Waals surface area contributed by atoms with Crippen LogP contribution in [-0.2, 0) is 9.53 Å². The molecular formula is C19H22N4O2. The number of hydrogen-bond donors (Lipinski definition) is 1. The molecule has 0 radical (unpaired) electrons. The van der Waals surface area contributed by atoms with Crippen molar-refractivity contribution in [2.24, 2.45) is 5.92 Å². The van der Waals surface area contributed by atoms with Gasteiger partial charge in [-0.3, -0.25) is 4.79 Å². The average molecular weight is 338 g/mol. The van der Waals surface area contributed by atoms with Crippen molar-refractivity contribution in [1.82, 2.24) is 15.0 Å². The molecule has 25 heavy (non-hydrogen) atoms.